The lowest BCUT2D eigenvalue weighted by Gasteiger charge is -2.16. The highest BCUT2D eigenvalue weighted by molar-refractivity contribution is 6.27. The summed E-state index contributed by atoms with van der Waals surface area (Å²) < 4.78 is 0. The summed E-state index contributed by atoms with van der Waals surface area (Å²) in [7, 11) is 7.09. The van der Waals surface area contributed by atoms with Gasteiger partial charge in [-0.15, -0.1) is 6.42 Å². The van der Waals surface area contributed by atoms with Gasteiger partial charge in [0, 0.05) is 5.57 Å². The van der Waals surface area contributed by atoms with Crippen molar-refractivity contribution in [3.63, 3.8) is 0 Å². The second-order valence-electron chi connectivity index (χ2n) is 10.8. The zero-order valence-corrected chi connectivity index (χ0v) is 25.0. The van der Waals surface area contributed by atoms with Gasteiger partial charge in [-0.05, 0) is 56.5 Å². The van der Waals surface area contributed by atoms with Crippen LogP contribution in [0.3, 0.4) is 0 Å². The molecule has 2 radical (unpaired) electrons. The number of hydrogen-bond acceptors (Lipinski definition) is 0. The molecule has 1 heteroatoms. The lowest BCUT2D eigenvalue weighted by Crippen LogP contribution is -2.00. The molecule has 1 atom stereocenters. The molecule has 0 aromatic heterocycles. The van der Waals surface area contributed by atoms with Crippen molar-refractivity contribution in [2.75, 3.05) is 0 Å². The lowest BCUT2D eigenvalue weighted by atomic mass is 9.79. The first-order valence-electron chi connectivity index (χ1n) is 15.1. The van der Waals surface area contributed by atoms with Crippen molar-refractivity contribution in [2.45, 2.75) is 12.3 Å². The Bertz CT molecular complexity index is 2040. The van der Waals surface area contributed by atoms with Gasteiger partial charge in [-0.2, -0.15) is 0 Å². The fraction of sp³-hybridized carbons (Fsp3) is 0.0455. The highest BCUT2D eigenvalue weighted by atomic mass is 14.2. The van der Waals surface area contributed by atoms with Gasteiger partial charge in [0.2, 0.25) is 0 Å². The van der Waals surface area contributed by atoms with Crippen LogP contribution in [0.15, 0.2) is 169 Å². The van der Waals surface area contributed by atoms with Gasteiger partial charge in [0.25, 0.3) is 0 Å². The van der Waals surface area contributed by atoms with Crippen LogP contribution in [0.5, 0.6) is 0 Å². The molecule has 0 aliphatic rings. The Morgan fingerprint density at radius 2 is 1.00 bits per heavy atom. The van der Waals surface area contributed by atoms with E-state index in [-0.39, 0.29) is 0 Å². The topological polar surface area (TPSA) is 0 Å². The highest BCUT2D eigenvalue weighted by Crippen LogP contribution is 2.34. The Morgan fingerprint density at radius 3 is 1.62 bits per heavy atom. The molecule has 0 fully saturated rings. The predicted molar refractivity (Wildman–Crippen MR) is 191 cm³/mol. The van der Waals surface area contributed by atoms with Crippen LogP contribution in [0.2, 0.25) is 0 Å². The molecule has 6 aromatic rings. The summed E-state index contributed by atoms with van der Waals surface area (Å²) in [4.78, 5) is 0. The van der Waals surface area contributed by atoms with Gasteiger partial charge in [-0.3, -0.25) is 0 Å². The van der Waals surface area contributed by atoms with Crippen LogP contribution in [-0.4, -0.2) is 7.85 Å². The number of allylic oxidation sites excluding steroid dienone is 2. The smallest absolute Gasteiger partial charge is 0.110 e. The Balaban J connectivity index is 1.50. The maximum atomic E-state index is 7.09. The number of benzene rings is 6. The highest BCUT2D eigenvalue weighted by Gasteiger charge is 2.15. The third-order valence-corrected chi connectivity index (χ3v) is 7.95. The van der Waals surface area contributed by atoms with Crippen LogP contribution in [-0.2, 0) is 6.42 Å². The maximum absolute atomic E-state index is 7.09. The van der Waals surface area contributed by atoms with Gasteiger partial charge in [-0.25, -0.2) is 0 Å². The van der Waals surface area contributed by atoms with E-state index >= 15 is 0 Å². The second kappa shape index (κ2) is 14.1. The van der Waals surface area contributed by atoms with Crippen molar-refractivity contribution in [1.29, 1.82) is 0 Å². The van der Waals surface area contributed by atoms with Crippen LogP contribution in [0.1, 0.15) is 22.6 Å². The van der Waals surface area contributed by atoms with E-state index in [0.717, 1.165) is 55.6 Å². The second-order valence-corrected chi connectivity index (χ2v) is 10.8. The van der Waals surface area contributed by atoms with E-state index in [4.69, 9.17) is 14.3 Å². The molecular formula is C44H31B. The number of hydrogen-bond donors (Lipinski definition) is 0. The van der Waals surface area contributed by atoms with Gasteiger partial charge < -0.3 is 0 Å². The monoisotopic (exact) mass is 570 g/mol. The first-order valence-corrected chi connectivity index (χ1v) is 15.1. The zero-order valence-electron chi connectivity index (χ0n) is 25.0. The Hall–Kier alpha value is -5.76. The molecule has 210 valence electrons. The molecular weight excluding hydrogens is 539 g/mol. The Morgan fingerprint density at radius 1 is 0.533 bits per heavy atom. The van der Waals surface area contributed by atoms with Crippen molar-refractivity contribution in [3.8, 4) is 57.6 Å². The Labute approximate surface area is 268 Å². The molecule has 0 aliphatic carbocycles. The summed E-state index contributed by atoms with van der Waals surface area (Å²) in [6.45, 7) is 0. The van der Waals surface area contributed by atoms with E-state index in [1.807, 2.05) is 48.5 Å². The molecule has 0 nitrogen and oxygen atoms in total. The van der Waals surface area contributed by atoms with E-state index in [9.17, 15) is 0 Å². The van der Waals surface area contributed by atoms with Crippen molar-refractivity contribution < 1.29 is 0 Å². The molecule has 0 amide bonds. The van der Waals surface area contributed by atoms with Crippen LogP contribution in [0.4, 0.5) is 0 Å². The van der Waals surface area contributed by atoms with Crippen LogP contribution >= 0.6 is 0 Å². The van der Waals surface area contributed by atoms with E-state index in [2.05, 4.69) is 133 Å². The summed E-state index contributed by atoms with van der Waals surface area (Å²) in [5, 5.41) is 0. The normalized spacial score (nSPS) is 11.8. The number of terminal acetylenes is 1. The van der Waals surface area contributed by atoms with Crippen LogP contribution in [0, 0.1) is 24.2 Å². The van der Waals surface area contributed by atoms with Crippen molar-refractivity contribution in [3.05, 3.63) is 186 Å². The molecule has 0 saturated heterocycles. The molecule has 45 heavy (non-hydrogen) atoms. The minimum atomic E-state index is -0.426. The molecule has 6 aromatic carbocycles. The fourth-order valence-electron chi connectivity index (χ4n) is 5.74. The van der Waals surface area contributed by atoms with Crippen molar-refractivity contribution >= 4 is 13.4 Å². The molecule has 0 spiro atoms. The van der Waals surface area contributed by atoms with Crippen molar-refractivity contribution in [2.24, 2.45) is 0 Å². The van der Waals surface area contributed by atoms with E-state index in [0.29, 0.717) is 11.9 Å². The van der Waals surface area contributed by atoms with Gasteiger partial charge >= 0.3 is 0 Å². The summed E-state index contributed by atoms with van der Waals surface area (Å²) >= 11 is 0. The quantitative estimate of drug-likeness (QED) is 0.132. The third-order valence-electron chi connectivity index (χ3n) is 7.95. The fourth-order valence-corrected chi connectivity index (χ4v) is 5.74. The molecule has 0 bridgehead atoms. The van der Waals surface area contributed by atoms with Crippen molar-refractivity contribution in [1.82, 2.24) is 0 Å². The summed E-state index contributed by atoms with van der Waals surface area (Å²) in [5.41, 5.74) is 11.3. The van der Waals surface area contributed by atoms with Gasteiger partial charge in [-0.1, -0.05) is 187 Å². The summed E-state index contributed by atoms with van der Waals surface area (Å²) in [6, 6.07) is 56.1. The largest absolute Gasteiger partial charge is 0.118 e. The first kappa shape index (κ1) is 29.3. The SMILES string of the molecule is [B]/C(Cc1ccccc1-c1ccccc1)=C(/C#CC(C#C)c1ccccc1-c1ccccc1)c1ccccc1-c1ccccc1. The Kier molecular flexibility index (Phi) is 9.22. The molecule has 1 unspecified atom stereocenters. The molecule has 0 N–H and O–H groups in total. The number of rotatable bonds is 7. The van der Waals surface area contributed by atoms with Gasteiger partial charge in [0.05, 0.1) is 0 Å². The average Bonchev–Trinajstić information content (AvgIpc) is 3.12. The van der Waals surface area contributed by atoms with E-state index < -0.39 is 5.92 Å². The molecule has 0 aliphatic heterocycles. The lowest BCUT2D eigenvalue weighted by molar-refractivity contribution is 1.17. The molecule has 6 rings (SSSR count). The first-order chi connectivity index (χ1) is 22.2. The summed E-state index contributed by atoms with van der Waals surface area (Å²) in [5.74, 6) is 9.52. The van der Waals surface area contributed by atoms with Crippen LogP contribution in [0.25, 0.3) is 39.0 Å². The van der Waals surface area contributed by atoms with Gasteiger partial charge in [0.1, 0.15) is 13.8 Å². The average molecular weight is 571 g/mol. The third kappa shape index (κ3) is 6.75. The standard InChI is InChI=1S/C44H31B/c1-2-33(39-26-14-15-27-40(39)35-20-8-4-9-21-35)30-31-43(42-29-17-16-28-41(42)36-22-10-5-11-23-36)44(45)32-37-24-12-13-25-38(37)34-18-6-3-7-19-34/h1,3-29,33H,32H2/b44-43-. The van der Waals surface area contributed by atoms with Gasteiger partial charge in [0.15, 0.2) is 0 Å². The minimum absolute atomic E-state index is 0.426. The molecule has 0 heterocycles. The maximum Gasteiger partial charge on any atom is 0.110 e. The van der Waals surface area contributed by atoms with E-state index in [1.54, 1.807) is 0 Å². The molecule has 0 saturated carbocycles. The minimum Gasteiger partial charge on any atom is -0.118 e. The van der Waals surface area contributed by atoms with E-state index in [1.165, 1.54) is 0 Å². The summed E-state index contributed by atoms with van der Waals surface area (Å²) in [6.07, 6.45) is 6.72. The van der Waals surface area contributed by atoms with Crippen LogP contribution < -0.4 is 0 Å². The predicted octanol–water partition coefficient (Wildman–Crippen LogP) is 10.2. The zero-order chi connectivity index (χ0) is 30.8.